The van der Waals surface area contributed by atoms with Gasteiger partial charge in [-0.05, 0) is 54.6 Å². The Morgan fingerprint density at radius 3 is 2.55 bits per heavy atom. The summed E-state index contributed by atoms with van der Waals surface area (Å²) in [6, 6.07) is 22.9. The molecule has 1 atom stereocenters. The molecule has 5 aromatic rings. The SMILES string of the molecule is COC(=O)C(CN(c1ccccc1)c1ccccn1)NC(=O)c1ccc2[nH]c(-c3ccnc(N)n3)cc2c1. The lowest BCUT2D eigenvalue weighted by Crippen LogP contribution is -2.48. The number of carbonyl (C=O) groups excluding carboxylic acids is 2. The van der Waals surface area contributed by atoms with Crippen LogP contribution in [-0.4, -0.2) is 51.5 Å². The minimum atomic E-state index is -0.962. The fourth-order valence-corrected chi connectivity index (χ4v) is 4.13. The average Bonchev–Trinajstić information content (AvgIpc) is 3.39. The van der Waals surface area contributed by atoms with Gasteiger partial charge >= 0.3 is 5.97 Å². The molecule has 0 radical (unpaired) electrons. The van der Waals surface area contributed by atoms with E-state index in [2.05, 4.69) is 25.3 Å². The molecule has 0 aliphatic rings. The molecule has 3 aromatic heterocycles. The minimum absolute atomic E-state index is 0.116. The van der Waals surface area contributed by atoms with Crippen molar-refractivity contribution in [3.63, 3.8) is 0 Å². The van der Waals surface area contributed by atoms with Gasteiger partial charge < -0.3 is 25.7 Å². The second-order valence-electron chi connectivity index (χ2n) is 8.47. The summed E-state index contributed by atoms with van der Waals surface area (Å²) in [6.07, 6.45) is 3.26. The smallest absolute Gasteiger partial charge is 0.330 e. The molecule has 0 aliphatic carbocycles. The molecule has 0 aliphatic heterocycles. The number of nitrogens with two attached hydrogens (primary N) is 1. The van der Waals surface area contributed by atoms with Gasteiger partial charge in [-0.25, -0.2) is 19.7 Å². The summed E-state index contributed by atoms with van der Waals surface area (Å²) in [6.45, 7) is 0.116. The van der Waals surface area contributed by atoms with Crippen LogP contribution in [-0.2, 0) is 9.53 Å². The maximum atomic E-state index is 13.3. The number of nitrogens with one attached hydrogen (secondary N) is 2. The third-order valence-corrected chi connectivity index (χ3v) is 5.98. The number of benzene rings is 2. The van der Waals surface area contributed by atoms with Crippen LogP contribution in [0.15, 0.2) is 91.3 Å². The number of H-pyrrole nitrogens is 1. The highest BCUT2D eigenvalue weighted by Crippen LogP contribution is 2.25. The molecular formula is C28H25N7O3. The van der Waals surface area contributed by atoms with Crippen LogP contribution in [0, 0.1) is 0 Å². The second-order valence-corrected chi connectivity index (χ2v) is 8.47. The number of amides is 1. The van der Waals surface area contributed by atoms with E-state index in [1.54, 1.807) is 36.7 Å². The zero-order valence-corrected chi connectivity index (χ0v) is 20.5. The van der Waals surface area contributed by atoms with Gasteiger partial charge in [0.1, 0.15) is 11.9 Å². The van der Waals surface area contributed by atoms with E-state index in [-0.39, 0.29) is 12.5 Å². The van der Waals surface area contributed by atoms with Crippen molar-refractivity contribution in [2.45, 2.75) is 6.04 Å². The van der Waals surface area contributed by atoms with Crippen molar-refractivity contribution < 1.29 is 14.3 Å². The van der Waals surface area contributed by atoms with Crippen molar-refractivity contribution >= 4 is 40.2 Å². The molecule has 4 N–H and O–H groups in total. The first-order valence-electron chi connectivity index (χ1n) is 11.9. The molecule has 0 spiro atoms. The number of para-hydroxylation sites is 1. The predicted octanol–water partition coefficient (Wildman–Crippen LogP) is 3.71. The summed E-state index contributed by atoms with van der Waals surface area (Å²) < 4.78 is 5.03. The van der Waals surface area contributed by atoms with Crippen LogP contribution in [0.5, 0.6) is 0 Å². The third-order valence-electron chi connectivity index (χ3n) is 5.98. The first-order chi connectivity index (χ1) is 18.5. The van der Waals surface area contributed by atoms with E-state index < -0.39 is 17.9 Å². The second kappa shape index (κ2) is 10.8. The van der Waals surface area contributed by atoms with E-state index in [9.17, 15) is 9.59 Å². The maximum absolute atomic E-state index is 13.3. The molecule has 10 heteroatoms. The Bertz CT molecular complexity index is 1530. The molecule has 0 saturated heterocycles. The highest BCUT2D eigenvalue weighted by Gasteiger charge is 2.26. The highest BCUT2D eigenvalue weighted by atomic mass is 16.5. The Balaban J connectivity index is 1.41. The molecule has 3 heterocycles. The zero-order chi connectivity index (χ0) is 26.5. The molecule has 0 bridgehead atoms. The number of rotatable bonds is 8. The van der Waals surface area contributed by atoms with Crippen LogP contribution in [0.25, 0.3) is 22.3 Å². The van der Waals surface area contributed by atoms with Gasteiger partial charge in [-0.1, -0.05) is 24.3 Å². The van der Waals surface area contributed by atoms with E-state index in [0.29, 0.717) is 17.1 Å². The fourth-order valence-electron chi connectivity index (χ4n) is 4.13. The van der Waals surface area contributed by atoms with Crippen LogP contribution in [0.3, 0.4) is 0 Å². The summed E-state index contributed by atoms with van der Waals surface area (Å²) in [7, 11) is 1.29. The first-order valence-corrected chi connectivity index (χ1v) is 11.9. The van der Waals surface area contributed by atoms with Gasteiger partial charge in [-0.2, -0.15) is 0 Å². The van der Waals surface area contributed by atoms with E-state index in [1.165, 1.54) is 7.11 Å². The fraction of sp³-hybridized carbons (Fsp3) is 0.107. The van der Waals surface area contributed by atoms with E-state index in [0.717, 1.165) is 22.3 Å². The summed E-state index contributed by atoms with van der Waals surface area (Å²) in [5.74, 6) is -0.175. The number of hydrogen-bond donors (Lipinski definition) is 3. The highest BCUT2D eigenvalue weighted by molar-refractivity contribution is 6.00. The Morgan fingerprint density at radius 2 is 1.82 bits per heavy atom. The lowest BCUT2D eigenvalue weighted by Gasteiger charge is -2.28. The van der Waals surface area contributed by atoms with Gasteiger partial charge in [0.05, 0.1) is 25.0 Å². The minimum Gasteiger partial charge on any atom is -0.467 e. The number of nitrogen functional groups attached to an aromatic ring is 1. The Morgan fingerprint density at radius 1 is 1.00 bits per heavy atom. The number of aromatic nitrogens is 4. The quantitative estimate of drug-likeness (QED) is 0.270. The third kappa shape index (κ3) is 5.29. The maximum Gasteiger partial charge on any atom is 0.330 e. The van der Waals surface area contributed by atoms with Crippen LogP contribution >= 0.6 is 0 Å². The van der Waals surface area contributed by atoms with E-state index >= 15 is 0 Å². The van der Waals surface area contributed by atoms with Crippen molar-refractivity contribution in [3.05, 3.63) is 96.8 Å². The summed E-state index contributed by atoms with van der Waals surface area (Å²) in [4.78, 5) is 43.8. The molecule has 38 heavy (non-hydrogen) atoms. The molecule has 0 saturated carbocycles. The lowest BCUT2D eigenvalue weighted by atomic mass is 10.1. The van der Waals surface area contributed by atoms with Crippen LogP contribution < -0.4 is 16.0 Å². The van der Waals surface area contributed by atoms with Gasteiger partial charge in [0.25, 0.3) is 5.91 Å². The standard InChI is InChI=1S/C28H25N7O3/c1-38-27(37)24(17-35(20-7-3-2-4-8-20)25-9-5-6-13-30-25)33-26(36)18-10-11-21-19(15-18)16-23(32-21)22-12-14-31-28(29)34-22/h2-16,24,32H,17H2,1H3,(H,33,36)(H2,29,31,34). The number of methoxy groups -OCH3 is 1. The average molecular weight is 508 g/mol. The molecule has 2 aromatic carbocycles. The number of pyridine rings is 1. The summed E-state index contributed by atoms with van der Waals surface area (Å²) in [5.41, 5.74) is 9.13. The molecule has 190 valence electrons. The van der Waals surface area contributed by atoms with Gasteiger partial charge in [0.2, 0.25) is 5.95 Å². The predicted molar refractivity (Wildman–Crippen MR) is 145 cm³/mol. The molecule has 1 amide bonds. The first kappa shape index (κ1) is 24.4. The number of nitrogens with zero attached hydrogens (tertiary/aromatic N) is 4. The van der Waals surface area contributed by atoms with Gasteiger partial charge in [-0.15, -0.1) is 0 Å². The number of carbonyl (C=O) groups is 2. The van der Waals surface area contributed by atoms with Crippen molar-refractivity contribution in [1.29, 1.82) is 0 Å². The van der Waals surface area contributed by atoms with Gasteiger partial charge in [0.15, 0.2) is 0 Å². The number of anilines is 3. The zero-order valence-electron chi connectivity index (χ0n) is 20.5. The van der Waals surface area contributed by atoms with Gasteiger partial charge in [0, 0.05) is 34.5 Å². The number of aromatic amines is 1. The monoisotopic (exact) mass is 507 g/mol. The van der Waals surface area contributed by atoms with Crippen molar-refractivity contribution in [2.24, 2.45) is 0 Å². The molecule has 10 nitrogen and oxygen atoms in total. The van der Waals surface area contributed by atoms with Crippen LogP contribution in [0.4, 0.5) is 17.5 Å². The van der Waals surface area contributed by atoms with Crippen molar-refractivity contribution in [1.82, 2.24) is 25.3 Å². The van der Waals surface area contributed by atoms with E-state index in [1.807, 2.05) is 59.5 Å². The summed E-state index contributed by atoms with van der Waals surface area (Å²) >= 11 is 0. The number of ether oxygens (including phenoxy) is 1. The normalized spacial score (nSPS) is 11.6. The topological polar surface area (TPSA) is 139 Å². The number of esters is 1. The van der Waals surface area contributed by atoms with Crippen molar-refractivity contribution in [2.75, 3.05) is 24.3 Å². The molecule has 5 rings (SSSR count). The largest absolute Gasteiger partial charge is 0.467 e. The number of hydrogen-bond acceptors (Lipinski definition) is 8. The van der Waals surface area contributed by atoms with Gasteiger partial charge in [-0.3, -0.25) is 4.79 Å². The Kier molecular flexibility index (Phi) is 6.94. The molecule has 1 unspecified atom stereocenters. The Hall–Kier alpha value is -5.25. The Labute approximate surface area is 218 Å². The lowest BCUT2D eigenvalue weighted by molar-refractivity contribution is -0.142. The number of fused-ring (bicyclic) bond motifs is 1. The summed E-state index contributed by atoms with van der Waals surface area (Å²) in [5, 5.41) is 3.64. The van der Waals surface area contributed by atoms with Crippen LogP contribution in [0.1, 0.15) is 10.4 Å². The molecule has 0 fully saturated rings. The van der Waals surface area contributed by atoms with Crippen molar-refractivity contribution in [3.8, 4) is 11.4 Å². The van der Waals surface area contributed by atoms with E-state index in [4.69, 9.17) is 10.5 Å². The molecular weight excluding hydrogens is 482 g/mol. The van der Waals surface area contributed by atoms with Crippen LogP contribution in [0.2, 0.25) is 0 Å².